The molecule has 118 valence electrons. The van der Waals surface area contributed by atoms with Crippen molar-refractivity contribution >= 4 is 11.8 Å². The zero-order chi connectivity index (χ0) is 15.4. The van der Waals surface area contributed by atoms with Crippen LogP contribution in [0.4, 0.5) is 0 Å². The molecule has 0 saturated carbocycles. The molecular formula is C16H24N5S+. The van der Waals surface area contributed by atoms with Crippen molar-refractivity contribution < 1.29 is 4.90 Å². The molecule has 0 unspecified atom stereocenters. The lowest BCUT2D eigenvalue weighted by Crippen LogP contribution is -3.14. The molecule has 0 aliphatic carbocycles. The summed E-state index contributed by atoms with van der Waals surface area (Å²) in [5.74, 6) is 4.02. The second-order valence-corrected chi connectivity index (χ2v) is 7.40. The van der Waals surface area contributed by atoms with Crippen molar-refractivity contribution in [3.05, 3.63) is 41.7 Å². The lowest BCUT2D eigenvalue weighted by atomic mass is 10.0. The number of rotatable bonds is 5. The Morgan fingerprint density at radius 2 is 1.91 bits per heavy atom. The van der Waals surface area contributed by atoms with Crippen LogP contribution in [0.25, 0.3) is 0 Å². The minimum Gasteiger partial charge on any atom is -0.325 e. The van der Waals surface area contributed by atoms with E-state index in [9.17, 15) is 0 Å². The normalized spacial score (nSPS) is 17.8. The molecule has 22 heavy (non-hydrogen) atoms. The highest BCUT2D eigenvalue weighted by molar-refractivity contribution is 7.99. The third kappa shape index (κ3) is 3.50. The maximum Gasteiger partial charge on any atom is 0.209 e. The second kappa shape index (κ2) is 7.24. The van der Waals surface area contributed by atoms with E-state index in [1.807, 2.05) is 10.7 Å². The van der Waals surface area contributed by atoms with E-state index in [1.54, 1.807) is 4.90 Å². The van der Waals surface area contributed by atoms with Crippen molar-refractivity contribution in [2.24, 2.45) is 5.92 Å². The summed E-state index contributed by atoms with van der Waals surface area (Å²) in [5.41, 5.74) is 1.24. The van der Waals surface area contributed by atoms with Gasteiger partial charge in [0.15, 0.2) is 6.04 Å². The minimum absolute atomic E-state index is 0.375. The highest BCUT2D eigenvalue weighted by atomic mass is 32.2. The van der Waals surface area contributed by atoms with Crippen LogP contribution in [-0.4, -0.2) is 44.8 Å². The Kier molecular flexibility index (Phi) is 5.10. The van der Waals surface area contributed by atoms with E-state index in [0.717, 1.165) is 12.4 Å². The Balaban J connectivity index is 1.84. The monoisotopic (exact) mass is 318 g/mol. The highest BCUT2D eigenvalue weighted by Gasteiger charge is 2.33. The van der Waals surface area contributed by atoms with Crippen LogP contribution in [0.5, 0.6) is 0 Å². The van der Waals surface area contributed by atoms with E-state index in [2.05, 4.69) is 65.4 Å². The van der Waals surface area contributed by atoms with Gasteiger partial charge in [0.1, 0.15) is 0 Å². The van der Waals surface area contributed by atoms with Gasteiger partial charge in [-0.2, -0.15) is 11.8 Å². The minimum atomic E-state index is 0.375. The van der Waals surface area contributed by atoms with E-state index in [-0.39, 0.29) is 0 Å². The average molecular weight is 318 g/mol. The number of thioether (sulfide) groups is 1. The number of hydrogen-bond acceptors (Lipinski definition) is 4. The maximum absolute atomic E-state index is 4.38. The van der Waals surface area contributed by atoms with Crippen LogP contribution >= 0.6 is 11.8 Å². The summed E-state index contributed by atoms with van der Waals surface area (Å²) in [4.78, 5) is 1.62. The van der Waals surface area contributed by atoms with E-state index in [0.29, 0.717) is 12.0 Å². The molecule has 3 rings (SSSR count). The molecule has 2 heterocycles. The molecule has 0 amide bonds. The van der Waals surface area contributed by atoms with Gasteiger partial charge in [0.2, 0.25) is 5.82 Å². The molecule has 0 spiro atoms. The SMILES string of the molecule is CC(C)[C@H](c1nnnn1Cc1ccccc1)[NH+]1CCSCC1. The quantitative estimate of drug-likeness (QED) is 0.895. The van der Waals surface area contributed by atoms with Gasteiger partial charge in [0.25, 0.3) is 0 Å². The average Bonchev–Trinajstić information content (AvgIpc) is 2.97. The fourth-order valence-electron chi connectivity index (χ4n) is 3.20. The topological polar surface area (TPSA) is 48.0 Å². The third-order valence-electron chi connectivity index (χ3n) is 4.25. The van der Waals surface area contributed by atoms with Crippen LogP contribution in [0.3, 0.4) is 0 Å². The van der Waals surface area contributed by atoms with E-state index < -0.39 is 0 Å². The standard InChI is InChI=1S/C16H23N5S/c1-13(2)15(20-8-10-22-11-9-20)16-17-18-19-21(16)12-14-6-4-3-5-7-14/h3-7,13,15H,8-12H2,1-2H3/p+1/t15-/m1/s1. The second-order valence-electron chi connectivity index (χ2n) is 6.17. The Labute approximate surface area is 136 Å². The molecular weight excluding hydrogens is 294 g/mol. The van der Waals surface area contributed by atoms with Crippen LogP contribution in [0.2, 0.25) is 0 Å². The number of nitrogens with zero attached hydrogens (tertiary/aromatic N) is 4. The Bertz CT molecular complexity index is 577. The largest absolute Gasteiger partial charge is 0.325 e. The van der Waals surface area contributed by atoms with Crippen LogP contribution in [0.1, 0.15) is 31.3 Å². The fourth-order valence-corrected chi connectivity index (χ4v) is 4.22. The smallest absolute Gasteiger partial charge is 0.209 e. The third-order valence-corrected chi connectivity index (χ3v) is 5.24. The molecule has 1 aliphatic rings. The molecule has 1 fully saturated rings. The summed E-state index contributed by atoms with van der Waals surface area (Å²) in [5, 5.41) is 12.6. The van der Waals surface area contributed by atoms with Gasteiger partial charge >= 0.3 is 0 Å². The Morgan fingerprint density at radius 3 is 2.59 bits per heavy atom. The van der Waals surface area contributed by atoms with Crippen LogP contribution in [-0.2, 0) is 6.54 Å². The molecule has 1 atom stereocenters. The molecule has 6 heteroatoms. The molecule has 1 saturated heterocycles. The zero-order valence-corrected chi connectivity index (χ0v) is 14.1. The summed E-state index contributed by atoms with van der Waals surface area (Å²) in [6.45, 7) is 7.70. The lowest BCUT2D eigenvalue weighted by molar-refractivity contribution is -0.933. The molecule has 1 aliphatic heterocycles. The van der Waals surface area contributed by atoms with Gasteiger partial charge in [-0.1, -0.05) is 44.2 Å². The molecule has 1 N–H and O–H groups in total. The number of nitrogens with one attached hydrogen (secondary N) is 1. The molecule has 0 bridgehead atoms. The van der Waals surface area contributed by atoms with E-state index >= 15 is 0 Å². The summed E-state index contributed by atoms with van der Waals surface area (Å²) in [7, 11) is 0. The number of benzene rings is 1. The molecule has 0 radical (unpaired) electrons. The fraction of sp³-hybridized carbons (Fsp3) is 0.562. The molecule has 1 aromatic carbocycles. The first kappa shape index (κ1) is 15.5. The van der Waals surface area contributed by atoms with Gasteiger partial charge in [-0.15, -0.1) is 5.10 Å². The van der Waals surface area contributed by atoms with Gasteiger partial charge in [0, 0.05) is 17.4 Å². The zero-order valence-electron chi connectivity index (χ0n) is 13.3. The van der Waals surface area contributed by atoms with Crippen molar-refractivity contribution in [1.82, 2.24) is 20.2 Å². The van der Waals surface area contributed by atoms with Gasteiger partial charge in [-0.25, -0.2) is 4.68 Å². The number of quaternary nitrogens is 1. The molecule has 2 aromatic rings. The van der Waals surface area contributed by atoms with Crippen molar-refractivity contribution in [2.45, 2.75) is 26.4 Å². The first-order chi connectivity index (χ1) is 10.8. The van der Waals surface area contributed by atoms with Crippen molar-refractivity contribution in [3.8, 4) is 0 Å². The highest BCUT2D eigenvalue weighted by Crippen LogP contribution is 2.18. The van der Waals surface area contributed by atoms with E-state index in [1.165, 1.54) is 30.2 Å². The summed E-state index contributed by atoms with van der Waals surface area (Å²) < 4.78 is 1.98. The first-order valence-corrected chi connectivity index (χ1v) is 9.13. The Hall–Kier alpha value is -1.40. The van der Waals surface area contributed by atoms with Crippen molar-refractivity contribution in [2.75, 3.05) is 24.6 Å². The molecule has 1 aromatic heterocycles. The van der Waals surface area contributed by atoms with Gasteiger partial charge in [-0.3, -0.25) is 0 Å². The maximum atomic E-state index is 4.38. The number of hydrogen-bond donors (Lipinski definition) is 1. The summed E-state index contributed by atoms with van der Waals surface area (Å²) in [6.07, 6.45) is 0. The van der Waals surface area contributed by atoms with Gasteiger partial charge in [0.05, 0.1) is 19.6 Å². The van der Waals surface area contributed by atoms with Crippen LogP contribution in [0.15, 0.2) is 30.3 Å². The van der Waals surface area contributed by atoms with Gasteiger partial charge < -0.3 is 4.90 Å². The summed E-state index contributed by atoms with van der Waals surface area (Å²) in [6, 6.07) is 10.8. The van der Waals surface area contributed by atoms with Gasteiger partial charge in [-0.05, 0) is 16.0 Å². The molecule has 5 nitrogen and oxygen atoms in total. The van der Waals surface area contributed by atoms with Crippen molar-refractivity contribution in [1.29, 1.82) is 0 Å². The predicted octanol–water partition coefficient (Wildman–Crippen LogP) is 1.05. The summed E-state index contributed by atoms with van der Waals surface area (Å²) >= 11 is 2.05. The Morgan fingerprint density at radius 1 is 1.18 bits per heavy atom. The van der Waals surface area contributed by atoms with Crippen LogP contribution in [0, 0.1) is 5.92 Å². The van der Waals surface area contributed by atoms with Crippen LogP contribution < -0.4 is 4.90 Å². The number of aromatic nitrogens is 4. The number of tetrazole rings is 1. The first-order valence-electron chi connectivity index (χ1n) is 7.98. The van der Waals surface area contributed by atoms with E-state index in [4.69, 9.17) is 0 Å². The van der Waals surface area contributed by atoms with Crippen molar-refractivity contribution in [3.63, 3.8) is 0 Å². The predicted molar refractivity (Wildman–Crippen MR) is 89.0 cm³/mol. The lowest BCUT2D eigenvalue weighted by Gasteiger charge is -2.32.